The number of hydrogen-bond donors (Lipinski definition) is 0. The third-order valence-corrected chi connectivity index (χ3v) is 6.02. The quantitative estimate of drug-likeness (QED) is 0.766. The van der Waals surface area contributed by atoms with Crippen molar-refractivity contribution in [2.45, 2.75) is 39.2 Å². The molecule has 0 spiro atoms. The van der Waals surface area contributed by atoms with Crippen LogP contribution in [0.4, 0.5) is 4.39 Å². The highest BCUT2D eigenvalue weighted by Gasteiger charge is 2.30. The summed E-state index contributed by atoms with van der Waals surface area (Å²) in [4.78, 5) is 21.6. The van der Waals surface area contributed by atoms with Crippen LogP contribution in [0.15, 0.2) is 22.6 Å². The van der Waals surface area contributed by atoms with Gasteiger partial charge in [0.05, 0.1) is 12.8 Å². The van der Waals surface area contributed by atoms with Gasteiger partial charge < -0.3 is 14.1 Å². The number of rotatable bonds is 5. The third kappa shape index (κ3) is 4.29. The van der Waals surface area contributed by atoms with Crippen molar-refractivity contribution < 1.29 is 18.3 Å². The van der Waals surface area contributed by atoms with Crippen molar-refractivity contribution in [3.63, 3.8) is 0 Å². The molecule has 2 aliphatic heterocycles. The Bertz CT molecular complexity index is 868. The van der Waals surface area contributed by atoms with Crippen molar-refractivity contribution >= 4 is 5.91 Å². The molecule has 4 rings (SSSR count). The van der Waals surface area contributed by atoms with Gasteiger partial charge in [0.1, 0.15) is 5.76 Å². The van der Waals surface area contributed by atoms with Crippen LogP contribution in [-0.2, 0) is 11.3 Å². The van der Waals surface area contributed by atoms with Crippen molar-refractivity contribution in [3.8, 4) is 17.2 Å². The fraction of sp³-hybridized carbons (Fsp3) is 0.545. The highest BCUT2D eigenvalue weighted by atomic mass is 19.1. The van der Waals surface area contributed by atoms with Crippen molar-refractivity contribution in [1.29, 1.82) is 0 Å². The highest BCUT2D eigenvalue weighted by Crippen LogP contribution is 2.29. The molecule has 1 aromatic heterocycles. The number of oxazole rings is 1. The number of aromatic nitrogens is 1. The van der Waals surface area contributed by atoms with Crippen molar-refractivity contribution in [2.24, 2.45) is 5.92 Å². The van der Waals surface area contributed by atoms with Gasteiger partial charge in [0.25, 0.3) is 0 Å². The van der Waals surface area contributed by atoms with E-state index in [4.69, 9.17) is 9.15 Å². The third-order valence-electron chi connectivity index (χ3n) is 6.02. The molecule has 1 amide bonds. The molecule has 0 bridgehead atoms. The number of carbonyl (C=O) groups excluding carboxylic acids is 1. The number of carbonyl (C=O) groups is 1. The zero-order chi connectivity index (χ0) is 20.4. The second kappa shape index (κ2) is 8.53. The van der Waals surface area contributed by atoms with Crippen LogP contribution in [0.5, 0.6) is 5.75 Å². The Kier molecular flexibility index (Phi) is 5.85. The summed E-state index contributed by atoms with van der Waals surface area (Å²) in [5.74, 6) is 1.49. The summed E-state index contributed by atoms with van der Waals surface area (Å²) in [6.45, 7) is 6.21. The summed E-state index contributed by atoms with van der Waals surface area (Å²) in [5.41, 5.74) is 1.57. The maximum Gasteiger partial charge on any atom is 0.226 e. The minimum atomic E-state index is -0.411. The maximum atomic E-state index is 13.7. The van der Waals surface area contributed by atoms with Gasteiger partial charge in [-0.1, -0.05) is 0 Å². The van der Waals surface area contributed by atoms with Gasteiger partial charge in [-0.25, -0.2) is 9.37 Å². The number of benzene rings is 1. The van der Waals surface area contributed by atoms with Crippen LogP contribution in [-0.4, -0.2) is 54.0 Å². The van der Waals surface area contributed by atoms with Crippen LogP contribution in [0, 0.1) is 18.7 Å². The molecule has 7 heteroatoms. The Balaban J connectivity index is 1.38. The Morgan fingerprint density at radius 1 is 1.24 bits per heavy atom. The summed E-state index contributed by atoms with van der Waals surface area (Å²) in [6.07, 6.45) is 4.07. The van der Waals surface area contributed by atoms with Crippen LogP contribution < -0.4 is 4.74 Å². The number of hydrogen-bond acceptors (Lipinski definition) is 5. The standard InChI is InChI=1S/C22H28FN3O3/c1-15-19(24-21(29-15)17-5-6-18(23)20(13-17)28-2)14-25-11-7-16(8-12-25)22(27)26-9-3-4-10-26/h5-6,13,16H,3-4,7-12,14H2,1-2H3. The smallest absolute Gasteiger partial charge is 0.226 e. The first-order chi connectivity index (χ1) is 14.0. The molecule has 1 aromatic carbocycles. The molecule has 0 N–H and O–H groups in total. The number of nitrogens with zero attached hydrogens (tertiary/aromatic N) is 3. The monoisotopic (exact) mass is 401 g/mol. The van der Waals surface area contributed by atoms with E-state index in [9.17, 15) is 9.18 Å². The number of methoxy groups -OCH3 is 1. The summed E-state index contributed by atoms with van der Waals surface area (Å²) in [7, 11) is 1.44. The molecule has 2 aromatic rings. The molecule has 0 saturated carbocycles. The number of piperidine rings is 1. The lowest BCUT2D eigenvalue weighted by Crippen LogP contribution is -2.41. The number of likely N-dealkylation sites (tertiary alicyclic amines) is 2. The normalized spacial score (nSPS) is 18.4. The minimum absolute atomic E-state index is 0.157. The second-order valence-electron chi connectivity index (χ2n) is 7.95. The molecule has 156 valence electrons. The van der Waals surface area contributed by atoms with Crippen molar-refractivity contribution in [1.82, 2.24) is 14.8 Å². The van der Waals surface area contributed by atoms with E-state index in [1.807, 2.05) is 11.8 Å². The van der Waals surface area contributed by atoms with E-state index in [2.05, 4.69) is 9.88 Å². The van der Waals surface area contributed by atoms with Crippen LogP contribution in [0.1, 0.15) is 37.1 Å². The predicted octanol–water partition coefficient (Wildman–Crippen LogP) is 3.63. The molecule has 29 heavy (non-hydrogen) atoms. The van der Waals surface area contributed by atoms with Crippen LogP contribution in [0.3, 0.4) is 0 Å². The van der Waals surface area contributed by atoms with Crippen molar-refractivity contribution in [3.05, 3.63) is 35.5 Å². The second-order valence-corrected chi connectivity index (χ2v) is 7.95. The molecule has 2 aliphatic rings. The Morgan fingerprint density at radius 3 is 2.66 bits per heavy atom. The van der Waals surface area contributed by atoms with Gasteiger partial charge in [-0.15, -0.1) is 0 Å². The van der Waals surface area contributed by atoms with Gasteiger partial charge in [0, 0.05) is 31.1 Å². The first-order valence-electron chi connectivity index (χ1n) is 10.4. The number of aryl methyl sites for hydroxylation is 1. The van der Waals surface area contributed by atoms with E-state index in [1.165, 1.54) is 13.2 Å². The summed E-state index contributed by atoms with van der Waals surface area (Å²) < 4.78 is 24.5. The van der Waals surface area contributed by atoms with Crippen LogP contribution in [0.2, 0.25) is 0 Å². The number of amides is 1. The SMILES string of the molecule is COc1cc(-c2nc(CN3CCC(C(=O)N4CCCC4)CC3)c(C)o2)ccc1F. The fourth-order valence-corrected chi connectivity index (χ4v) is 4.24. The van der Waals surface area contributed by atoms with E-state index in [-0.39, 0.29) is 11.7 Å². The predicted molar refractivity (Wildman–Crippen MR) is 107 cm³/mol. The minimum Gasteiger partial charge on any atom is -0.494 e. The lowest BCUT2D eigenvalue weighted by Gasteiger charge is -2.32. The first-order valence-corrected chi connectivity index (χ1v) is 10.4. The molecule has 6 nitrogen and oxygen atoms in total. The van der Waals surface area contributed by atoms with Crippen LogP contribution >= 0.6 is 0 Å². The van der Waals surface area contributed by atoms with Crippen LogP contribution in [0.25, 0.3) is 11.5 Å². The molecule has 0 atom stereocenters. The average molecular weight is 401 g/mol. The summed E-state index contributed by atoms with van der Waals surface area (Å²) in [5, 5.41) is 0. The topological polar surface area (TPSA) is 58.8 Å². The van der Waals surface area contributed by atoms with Gasteiger partial charge in [0.2, 0.25) is 11.8 Å². The Morgan fingerprint density at radius 2 is 1.97 bits per heavy atom. The van der Waals surface area contributed by atoms with E-state index in [0.29, 0.717) is 23.9 Å². The molecule has 2 saturated heterocycles. The molecular weight excluding hydrogens is 373 g/mol. The lowest BCUT2D eigenvalue weighted by molar-refractivity contribution is -0.136. The molecule has 0 aliphatic carbocycles. The summed E-state index contributed by atoms with van der Waals surface area (Å²) in [6, 6.07) is 4.59. The van der Waals surface area contributed by atoms with E-state index >= 15 is 0 Å². The fourth-order valence-electron chi connectivity index (χ4n) is 4.24. The lowest BCUT2D eigenvalue weighted by atomic mass is 9.95. The largest absolute Gasteiger partial charge is 0.494 e. The van der Waals surface area contributed by atoms with Gasteiger partial charge in [-0.2, -0.15) is 0 Å². The zero-order valence-electron chi connectivity index (χ0n) is 17.1. The van der Waals surface area contributed by atoms with Gasteiger partial charge in [-0.05, 0) is 63.9 Å². The Labute approximate surface area is 170 Å². The number of halogens is 1. The maximum absolute atomic E-state index is 13.7. The molecule has 2 fully saturated rings. The highest BCUT2D eigenvalue weighted by molar-refractivity contribution is 5.79. The van der Waals surface area contributed by atoms with Crippen molar-refractivity contribution in [2.75, 3.05) is 33.3 Å². The average Bonchev–Trinajstić information content (AvgIpc) is 3.39. The van der Waals surface area contributed by atoms with E-state index < -0.39 is 5.82 Å². The molecule has 3 heterocycles. The molecular formula is C22H28FN3O3. The Hall–Kier alpha value is -2.41. The van der Waals surface area contributed by atoms with Gasteiger partial charge in [0.15, 0.2) is 11.6 Å². The zero-order valence-corrected chi connectivity index (χ0v) is 17.1. The van der Waals surface area contributed by atoms with Gasteiger partial charge >= 0.3 is 0 Å². The molecule has 0 unspecified atom stereocenters. The molecule has 0 radical (unpaired) electrons. The summed E-state index contributed by atoms with van der Waals surface area (Å²) >= 11 is 0. The first kappa shape index (κ1) is 19.9. The number of ether oxygens (including phenoxy) is 1. The van der Waals surface area contributed by atoms with E-state index in [0.717, 1.165) is 63.3 Å². The van der Waals surface area contributed by atoms with Gasteiger partial charge in [-0.3, -0.25) is 9.69 Å². The van der Waals surface area contributed by atoms with E-state index in [1.54, 1.807) is 12.1 Å².